The highest BCUT2D eigenvalue weighted by atomic mass is 16.2. The molecule has 0 aromatic rings. The maximum absolute atomic E-state index is 11.6. The molecule has 0 aromatic carbocycles. The van der Waals surface area contributed by atoms with Crippen LogP contribution in [0.25, 0.3) is 0 Å². The molecule has 1 heterocycles. The quantitative estimate of drug-likeness (QED) is 0.653. The lowest BCUT2D eigenvalue weighted by atomic mass is 9.97. The summed E-state index contributed by atoms with van der Waals surface area (Å²) in [5, 5.41) is 3.26. The minimum Gasteiger partial charge on any atom is -0.343 e. The lowest BCUT2D eigenvalue weighted by molar-refractivity contribution is -0.135. The smallest absolute Gasteiger partial charge is 0.239 e. The van der Waals surface area contributed by atoms with Crippen LogP contribution >= 0.6 is 0 Å². The molecule has 70 valence electrons. The van der Waals surface area contributed by atoms with Gasteiger partial charge in [-0.25, -0.2) is 0 Å². The Labute approximate surface area is 74.1 Å². The lowest BCUT2D eigenvalue weighted by Gasteiger charge is -2.33. The number of piperazine rings is 1. The van der Waals surface area contributed by atoms with Crippen molar-refractivity contribution in [2.75, 3.05) is 20.1 Å². The van der Waals surface area contributed by atoms with Crippen LogP contribution in [0.15, 0.2) is 0 Å². The van der Waals surface area contributed by atoms with Crippen LogP contribution in [0.4, 0.5) is 0 Å². The van der Waals surface area contributed by atoms with Crippen LogP contribution in [0.2, 0.25) is 0 Å². The van der Waals surface area contributed by atoms with Crippen molar-refractivity contribution < 1.29 is 4.79 Å². The number of rotatable bonds is 2. The minimum absolute atomic E-state index is 0.0498. The first-order valence-electron chi connectivity index (χ1n) is 4.65. The maximum Gasteiger partial charge on any atom is 0.239 e. The molecule has 2 atom stereocenters. The van der Waals surface area contributed by atoms with Gasteiger partial charge >= 0.3 is 0 Å². The summed E-state index contributed by atoms with van der Waals surface area (Å²) in [6.45, 7) is 6.01. The molecule has 1 aliphatic heterocycles. The van der Waals surface area contributed by atoms with E-state index in [0.29, 0.717) is 5.92 Å². The summed E-state index contributed by atoms with van der Waals surface area (Å²) in [5.74, 6) is 0.691. The van der Waals surface area contributed by atoms with E-state index in [0.717, 1.165) is 19.5 Å². The molecule has 0 aromatic heterocycles. The van der Waals surface area contributed by atoms with Crippen molar-refractivity contribution in [1.82, 2.24) is 10.2 Å². The largest absolute Gasteiger partial charge is 0.343 e. The van der Waals surface area contributed by atoms with Crippen LogP contribution in [-0.2, 0) is 4.79 Å². The summed E-state index contributed by atoms with van der Waals surface area (Å²) in [7, 11) is 1.87. The third-order valence-electron chi connectivity index (χ3n) is 2.67. The molecule has 3 heteroatoms. The minimum atomic E-state index is 0.0498. The summed E-state index contributed by atoms with van der Waals surface area (Å²) in [6.07, 6.45) is 1.05. The van der Waals surface area contributed by atoms with Crippen molar-refractivity contribution in [2.45, 2.75) is 26.3 Å². The number of amides is 1. The molecule has 3 nitrogen and oxygen atoms in total. The number of carbonyl (C=O) groups is 1. The van der Waals surface area contributed by atoms with E-state index in [9.17, 15) is 4.79 Å². The van der Waals surface area contributed by atoms with Gasteiger partial charge < -0.3 is 10.2 Å². The Kier molecular flexibility index (Phi) is 3.09. The number of hydrogen-bond donors (Lipinski definition) is 1. The highest BCUT2D eigenvalue weighted by Gasteiger charge is 2.29. The van der Waals surface area contributed by atoms with Crippen molar-refractivity contribution in [2.24, 2.45) is 5.92 Å². The van der Waals surface area contributed by atoms with Crippen molar-refractivity contribution >= 4 is 5.91 Å². The zero-order valence-electron chi connectivity index (χ0n) is 8.13. The van der Waals surface area contributed by atoms with E-state index in [-0.39, 0.29) is 11.9 Å². The standard InChI is InChI=1S/C9H18N2O/c1-4-7(2)8-9(12)11(3)6-5-10-8/h7-8,10H,4-6H2,1-3H3/t7?,8-/m0/s1. The van der Waals surface area contributed by atoms with Gasteiger partial charge in [-0.1, -0.05) is 20.3 Å². The second-order valence-electron chi connectivity index (χ2n) is 3.58. The van der Waals surface area contributed by atoms with Crippen LogP contribution < -0.4 is 5.32 Å². The van der Waals surface area contributed by atoms with Crippen molar-refractivity contribution in [1.29, 1.82) is 0 Å². The highest BCUT2D eigenvalue weighted by Crippen LogP contribution is 2.12. The fourth-order valence-corrected chi connectivity index (χ4v) is 1.50. The molecule has 1 amide bonds. The predicted molar refractivity (Wildman–Crippen MR) is 48.9 cm³/mol. The zero-order valence-corrected chi connectivity index (χ0v) is 8.13. The molecular weight excluding hydrogens is 152 g/mol. The van der Waals surface area contributed by atoms with Crippen LogP contribution in [0.5, 0.6) is 0 Å². The van der Waals surface area contributed by atoms with Crippen molar-refractivity contribution in [3.05, 3.63) is 0 Å². The molecule has 1 rings (SSSR count). The Balaban J connectivity index is 2.57. The van der Waals surface area contributed by atoms with Crippen LogP contribution in [0, 0.1) is 5.92 Å². The topological polar surface area (TPSA) is 32.3 Å². The Morgan fingerprint density at radius 3 is 3.00 bits per heavy atom. The Hall–Kier alpha value is -0.570. The fourth-order valence-electron chi connectivity index (χ4n) is 1.50. The summed E-state index contributed by atoms with van der Waals surface area (Å²) < 4.78 is 0. The van der Waals surface area contributed by atoms with Gasteiger partial charge in [0.05, 0.1) is 6.04 Å². The van der Waals surface area contributed by atoms with Crippen LogP contribution in [0.1, 0.15) is 20.3 Å². The van der Waals surface area contributed by atoms with E-state index in [1.807, 2.05) is 11.9 Å². The molecule has 0 saturated carbocycles. The van der Waals surface area contributed by atoms with Gasteiger partial charge in [-0.2, -0.15) is 0 Å². The molecular formula is C9H18N2O. The van der Waals surface area contributed by atoms with Crippen LogP contribution in [-0.4, -0.2) is 37.0 Å². The van der Waals surface area contributed by atoms with E-state index in [1.54, 1.807) is 0 Å². The average Bonchev–Trinajstić information content (AvgIpc) is 2.08. The fraction of sp³-hybridized carbons (Fsp3) is 0.889. The normalized spacial score (nSPS) is 27.4. The summed E-state index contributed by atoms with van der Waals surface area (Å²) in [4.78, 5) is 13.4. The van der Waals surface area contributed by atoms with Gasteiger partial charge in [0.25, 0.3) is 0 Å². The Morgan fingerprint density at radius 1 is 1.75 bits per heavy atom. The molecule has 0 bridgehead atoms. The molecule has 1 fully saturated rings. The first-order chi connectivity index (χ1) is 5.66. The molecule has 0 aliphatic carbocycles. The maximum atomic E-state index is 11.6. The van der Waals surface area contributed by atoms with Crippen LogP contribution in [0.3, 0.4) is 0 Å². The van der Waals surface area contributed by atoms with Gasteiger partial charge in [0.1, 0.15) is 0 Å². The van der Waals surface area contributed by atoms with E-state index >= 15 is 0 Å². The van der Waals surface area contributed by atoms with Gasteiger partial charge in [0.2, 0.25) is 5.91 Å². The number of hydrogen-bond acceptors (Lipinski definition) is 2. The monoisotopic (exact) mass is 170 g/mol. The average molecular weight is 170 g/mol. The first-order valence-corrected chi connectivity index (χ1v) is 4.65. The van der Waals surface area contributed by atoms with Crippen molar-refractivity contribution in [3.8, 4) is 0 Å². The predicted octanol–water partition coefficient (Wildman–Crippen LogP) is 0.463. The molecule has 12 heavy (non-hydrogen) atoms. The molecule has 1 unspecified atom stereocenters. The summed E-state index contributed by atoms with van der Waals surface area (Å²) >= 11 is 0. The molecule has 1 N–H and O–H groups in total. The lowest BCUT2D eigenvalue weighted by Crippen LogP contribution is -2.55. The number of nitrogens with one attached hydrogen (secondary N) is 1. The first kappa shape index (κ1) is 9.52. The number of nitrogens with zero attached hydrogens (tertiary/aromatic N) is 1. The molecule has 0 spiro atoms. The molecule has 1 saturated heterocycles. The second-order valence-corrected chi connectivity index (χ2v) is 3.58. The Morgan fingerprint density at radius 2 is 2.42 bits per heavy atom. The Bertz CT molecular complexity index is 170. The van der Waals surface area contributed by atoms with Crippen molar-refractivity contribution in [3.63, 3.8) is 0 Å². The van der Waals surface area contributed by atoms with Gasteiger partial charge in [0.15, 0.2) is 0 Å². The van der Waals surface area contributed by atoms with E-state index in [4.69, 9.17) is 0 Å². The van der Waals surface area contributed by atoms with Gasteiger partial charge in [-0.15, -0.1) is 0 Å². The van der Waals surface area contributed by atoms with Gasteiger partial charge in [-0.05, 0) is 5.92 Å². The third-order valence-corrected chi connectivity index (χ3v) is 2.67. The van der Waals surface area contributed by atoms with Gasteiger partial charge in [0, 0.05) is 20.1 Å². The van der Waals surface area contributed by atoms with E-state index in [1.165, 1.54) is 0 Å². The van der Waals surface area contributed by atoms with Gasteiger partial charge in [-0.3, -0.25) is 4.79 Å². The summed E-state index contributed by atoms with van der Waals surface area (Å²) in [6, 6.07) is 0.0498. The third kappa shape index (κ3) is 1.78. The molecule has 0 radical (unpaired) electrons. The number of likely N-dealkylation sites (N-methyl/N-ethyl adjacent to an activating group) is 1. The number of carbonyl (C=O) groups excluding carboxylic acids is 1. The highest BCUT2D eigenvalue weighted by molar-refractivity contribution is 5.82. The zero-order chi connectivity index (χ0) is 9.14. The second kappa shape index (κ2) is 3.90. The van der Waals surface area contributed by atoms with E-state index < -0.39 is 0 Å². The summed E-state index contributed by atoms with van der Waals surface area (Å²) in [5.41, 5.74) is 0. The molecule has 1 aliphatic rings. The van der Waals surface area contributed by atoms with E-state index in [2.05, 4.69) is 19.2 Å². The SMILES string of the molecule is CCC(C)[C@@H]1NCCN(C)C1=O.